The zero-order valence-corrected chi connectivity index (χ0v) is 18.6. The Kier molecular flexibility index (Phi) is 7.29. The second-order valence-electron chi connectivity index (χ2n) is 7.52. The highest BCUT2D eigenvalue weighted by molar-refractivity contribution is 7.89. The molecule has 31 heavy (non-hydrogen) atoms. The first-order valence-electron chi connectivity index (χ1n) is 10.2. The van der Waals surface area contributed by atoms with E-state index in [1.807, 2.05) is 31.2 Å². The number of urea groups is 1. The highest BCUT2D eigenvalue weighted by Crippen LogP contribution is 2.17. The molecule has 0 unspecified atom stereocenters. The zero-order chi connectivity index (χ0) is 22.4. The van der Waals surface area contributed by atoms with Gasteiger partial charge < -0.3 is 15.1 Å². The maximum absolute atomic E-state index is 12.4. The zero-order valence-electron chi connectivity index (χ0n) is 17.8. The third-order valence-electron chi connectivity index (χ3n) is 5.23. The molecule has 1 heterocycles. The van der Waals surface area contributed by atoms with Gasteiger partial charge in [-0.1, -0.05) is 17.7 Å². The molecule has 2 amide bonds. The third-order valence-corrected chi connectivity index (χ3v) is 6.71. The fourth-order valence-electron chi connectivity index (χ4n) is 3.34. The lowest BCUT2D eigenvalue weighted by Gasteiger charge is -2.36. The highest BCUT2D eigenvalue weighted by Gasteiger charge is 2.21. The van der Waals surface area contributed by atoms with Gasteiger partial charge in [-0.2, -0.15) is 0 Å². The molecule has 2 aromatic carbocycles. The number of amides is 2. The summed E-state index contributed by atoms with van der Waals surface area (Å²) in [5.41, 5.74) is 2.69. The Labute approximate surface area is 183 Å². The van der Waals surface area contributed by atoms with Gasteiger partial charge >= 0.3 is 6.03 Å². The highest BCUT2D eigenvalue weighted by atomic mass is 32.2. The van der Waals surface area contributed by atoms with Crippen LogP contribution < -0.4 is 14.9 Å². The molecule has 0 atom stereocenters. The third kappa shape index (κ3) is 6.05. The van der Waals surface area contributed by atoms with Crippen LogP contribution in [0.5, 0.6) is 0 Å². The van der Waals surface area contributed by atoms with Crippen molar-refractivity contribution in [1.29, 1.82) is 0 Å². The predicted molar refractivity (Wildman–Crippen MR) is 120 cm³/mol. The van der Waals surface area contributed by atoms with Gasteiger partial charge in [0.05, 0.1) is 4.90 Å². The van der Waals surface area contributed by atoms with Gasteiger partial charge in [-0.15, -0.1) is 0 Å². The van der Waals surface area contributed by atoms with E-state index in [9.17, 15) is 18.0 Å². The molecule has 3 rings (SSSR count). The van der Waals surface area contributed by atoms with Gasteiger partial charge in [0.2, 0.25) is 10.0 Å². The summed E-state index contributed by atoms with van der Waals surface area (Å²) in [6, 6.07) is 13.9. The van der Waals surface area contributed by atoms with Crippen molar-refractivity contribution < 1.29 is 18.0 Å². The van der Waals surface area contributed by atoms with Gasteiger partial charge in [0.25, 0.3) is 0 Å². The summed E-state index contributed by atoms with van der Waals surface area (Å²) in [6.07, 6.45) is 0. The largest absolute Gasteiger partial charge is 0.368 e. The van der Waals surface area contributed by atoms with E-state index >= 15 is 0 Å². The van der Waals surface area contributed by atoms with E-state index in [-0.39, 0.29) is 29.8 Å². The van der Waals surface area contributed by atoms with Crippen LogP contribution in [0.15, 0.2) is 53.4 Å². The molecule has 1 saturated heterocycles. The van der Waals surface area contributed by atoms with Crippen LogP contribution in [-0.2, 0) is 10.0 Å². The number of carbonyl (C=O) groups is 2. The van der Waals surface area contributed by atoms with E-state index in [1.165, 1.54) is 0 Å². The van der Waals surface area contributed by atoms with Gasteiger partial charge in [-0.25, -0.2) is 17.9 Å². The summed E-state index contributed by atoms with van der Waals surface area (Å²) in [4.78, 5) is 27.9. The number of piperazine rings is 1. The van der Waals surface area contributed by atoms with Crippen LogP contribution in [0.25, 0.3) is 0 Å². The molecule has 9 heteroatoms. The van der Waals surface area contributed by atoms with Crippen molar-refractivity contribution in [1.82, 2.24) is 14.9 Å². The Morgan fingerprint density at radius 1 is 0.903 bits per heavy atom. The molecule has 1 aliphatic heterocycles. The fourth-order valence-corrected chi connectivity index (χ4v) is 4.37. The number of anilines is 1. The molecular weight excluding hydrogens is 416 g/mol. The summed E-state index contributed by atoms with van der Waals surface area (Å²) >= 11 is 0. The summed E-state index contributed by atoms with van der Waals surface area (Å²) in [6.45, 7) is 6.26. The van der Waals surface area contributed by atoms with Gasteiger partial charge in [-0.3, -0.25) is 4.79 Å². The number of nitrogens with one attached hydrogen (secondary N) is 2. The van der Waals surface area contributed by atoms with Crippen LogP contribution in [0.4, 0.5) is 10.5 Å². The number of carbonyl (C=O) groups excluding carboxylic acids is 2. The number of ketones is 1. The Balaban J connectivity index is 1.41. The molecule has 166 valence electrons. The Morgan fingerprint density at radius 3 is 2.10 bits per heavy atom. The van der Waals surface area contributed by atoms with Crippen molar-refractivity contribution >= 4 is 27.5 Å². The van der Waals surface area contributed by atoms with Crippen LogP contribution in [0, 0.1) is 6.92 Å². The number of benzene rings is 2. The fraction of sp³-hybridized carbons (Fsp3) is 0.364. The second kappa shape index (κ2) is 9.93. The van der Waals surface area contributed by atoms with E-state index in [0.717, 1.165) is 11.3 Å². The first kappa shape index (κ1) is 22.8. The molecule has 2 N–H and O–H groups in total. The first-order valence-corrected chi connectivity index (χ1v) is 11.7. The Hall–Kier alpha value is -2.91. The topological polar surface area (TPSA) is 98.8 Å². The van der Waals surface area contributed by atoms with Crippen molar-refractivity contribution in [2.24, 2.45) is 0 Å². The molecule has 0 aromatic heterocycles. The maximum Gasteiger partial charge on any atom is 0.317 e. The minimum absolute atomic E-state index is 0.0363. The minimum atomic E-state index is -3.59. The van der Waals surface area contributed by atoms with Crippen molar-refractivity contribution in [3.05, 3.63) is 59.7 Å². The molecule has 8 nitrogen and oxygen atoms in total. The van der Waals surface area contributed by atoms with Crippen molar-refractivity contribution in [3.63, 3.8) is 0 Å². The lowest BCUT2D eigenvalue weighted by molar-refractivity contribution is 0.101. The molecule has 0 bridgehead atoms. The second-order valence-corrected chi connectivity index (χ2v) is 9.29. The standard InChI is InChI=1S/C22H28N4O4S/c1-17-3-9-21(10-4-17)31(29,30)24-12-11-23-22(28)26-15-13-25(14-16-26)20-7-5-19(6-8-20)18(2)27/h3-10,24H,11-16H2,1-2H3,(H,23,28). The Bertz CT molecular complexity index is 1010. The quantitative estimate of drug-likeness (QED) is 0.503. The predicted octanol–water partition coefficient (Wildman–Crippen LogP) is 2.01. The lowest BCUT2D eigenvalue weighted by Crippen LogP contribution is -2.52. The van der Waals surface area contributed by atoms with Crippen molar-refractivity contribution in [3.8, 4) is 0 Å². The van der Waals surface area contributed by atoms with Crippen LogP contribution >= 0.6 is 0 Å². The van der Waals surface area contributed by atoms with Crippen LogP contribution in [-0.4, -0.2) is 64.4 Å². The van der Waals surface area contributed by atoms with Gasteiger partial charge in [0, 0.05) is 50.5 Å². The van der Waals surface area contributed by atoms with Gasteiger partial charge in [0.1, 0.15) is 0 Å². The molecule has 2 aromatic rings. The van der Waals surface area contributed by atoms with Crippen LogP contribution in [0.1, 0.15) is 22.8 Å². The van der Waals surface area contributed by atoms with Crippen molar-refractivity contribution in [2.45, 2.75) is 18.7 Å². The maximum atomic E-state index is 12.4. The monoisotopic (exact) mass is 444 g/mol. The Morgan fingerprint density at radius 2 is 1.52 bits per heavy atom. The minimum Gasteiger partial charge on any atom is -0.368 e. The number of Topliss-reactive ketones (excluding diaryl/α,β-unsaturated/α-hetero) is 1. The molecular formula is C22H28N4O4S. The summed E-state index contributed by atoms with van der Waals surface area (Å²) < 4.78 is 27.0. The van der Waals surface area contributed by atoms with Gasteiger partial charge in [-0.05, 0) is 50.2 Å². The number of rotatable bonds is 7. The van der Waals surface area contributed by atoms with Gasteiger partial charge in [0.15, 0.2) is 5.78 Å². The number of sulfonamides is 1. The average Bonchev–Trinajstić information content (AvgIpc) is 2.77. The SMILES string of the molecule is CC(=O)c1ccc(N2CCN(C(=O)NCCNS(=O)(=O)c3ccc(C)cc3)CC2)cc1. The van der Waals surface area contributed by atoms with E-state index < -0.39 is 10.0 Å². The van der Waals surface area contributed by atoms with E-state index in [4.69, 9.17) is 0 Å². The number of nitrogens with zero attached hydrogens (tertiary/aromatic N) is 2. The van der Waals surface area contributed by atoms with Crippen molar-refractivity contribution in [2.75, 3.05) is 44.2 Å². The molecule has 1 fully saturated rings. The van der Waals surface area contributed by atoms with Crippen LogP contribution in [0.2, 0.25) is 0 Å². The molecule has 1 aliphatic rings. The van der Waals surface area contributed by atoms with E-state index in [0.29, 0.717) is 31.7 Å². The number of hydrogen-bond acceptors (Lipinski definition) is 5. The van der Waals surface area contributed by atoms with E-state index in [1.54, 1.807) is 36.1 Å². The first-order chi connectivity index (χ1) is 14.8. The summed E-state index contributed by atoms with van der Waals surface area (Å²) in [5, 5.41) is 2.76. The molecule has 0 aliphatic carbocycles. The summed E-state index contributed by atoms with van der Waals surface area (Å²) in [5.74, 6) is 0.0363. The summed E-state index contributed by atoms with van der Waals surface area (Å²) in [7, 11) is -3.59. The lowest BCUT2D eigenvalue weighted by atomic mass is 10.1. The van der Waals surface area contributed by atoms with Crippen LogP contribution in [0.3, 0.4) is 0 Å². The smallest absolute Gasteiger partial charge is 0.317 e. The number of hydrogen-bond donors (Lipinski definition) is 2. The van der Waals surface area contributed by atoms with E-state index in [2.05, 4.69) is 14.9 Å². The normalized spacial score (nSPS) is 14.4. The number of aryl methyl sites for hydroxylation is 1. The molecule has 0 radical (unpaired) electrons. The average molecular weight is 445 g/mol. The molecule has 0 saturated carbocycles. The molecule has 0 spiro atoms.